The molecule has 0 unspecified atom stereocenters. The molecule has 18 heteroatoms. The largest absolute Gasteiger partial charge is 0.497 e. The topological polar surface area (TPSA) is 195 Å². The van der Waals surface area contributed by atoms with Gasteiger partial charge in [0, 0.05) is 17.9 Å². The number of benzene rings is 1. The maximum absolute atomic E-state index is 14.9. The third-order valence-corrected chi connectivity index (χ3v) is 15.7. The van der Waals surface area contributed by atoms with Crippen LogP contribution >= 0.6 is 0 Å². The van der Waals surface area contributed by atoms with Crippen LogP contribution in [0.25, 0.3) is 11.0 Å². The highest BCUT2D eigenvalue weighted by Gasteiger charge is 2.68. The highest BCUT2D eigenvalue weighted by atomic mass is 32.2. The molecule has 59 heavy (non-hydrogen) atoms. The van der Waals surface area contributed by atoms with Crippen molar-refractivity contribution in [1.82, 2.24) is 30.2 Å². The number of aromatic nitrogens is 2. The van der Waals surface area contributed by atoms with Crippen LogP contribution in [0.3, 0.4) is 0 Å². The molecule has 2 bridgehead atoms. The summed E-state index contributed by atoms with van der Waals surface area (Å²) < 4.78 is 73.8. The first-order valence-corrected chi connectivity index (χ1v) is 22.2. The van der Waals surface area contributed by atoms with E-state index in [0.717, 1.165) is 32.1 Å². The Hall–Kier alpha value is -4.35. The highest BCUT2D eigenvalue weighted by molar-refractivity contribution is 7.91. The summed E-state index contributed by atoms with van der Waals surface area (Å²) in [4.78, 5) is 68.0. The van der Waals surface area contributed by atoms with Crippen molar-refractivity contribution in [2.24, 2.45) is 29.1 Å². The molecule has 0 spiro atoms. The van der Waals surface area contributed by atoms with Crippen LogP contribution in [0.1, 0.15) is 104 Å². The number of alkyl carbamates (subject to hydrolysis) is 1. The standard InChI is InChI=1S/C41H54F2N6O9S/c1-7-23-29-19-49(31(23)34(50)47-41(18-25(41)33(42)43)37(52)48-59(54,55)40(5)13-14-40)36(51)32(39(2,3)4)46-38(53)58-28-16-21(28)10-8-9-20-15-24(20)30-35(57-29)45-27-17-22(56-6)11-12-26(27)44-30/h11-12,17,20-21,23-25,28-29,31-33H,7-10,13-16,18-19H2,1-6H3,(H,46,53)(H,47,50)(H,48,52)/t20-,21-,23-,24-,25+,28-,29+,31+,32-,41-/m1/s1. The Morgan fingerprint density at radius 1 is 1.07 bits per heavy atom. The van der Waals surface area contributed by atoms with Crippen molar-refractivity contribution >= 4 is 44.9 Å². The number of carbonyl (C=O) groups is 4. The molecule has 6 aliphatic rings. The molecule has 1 aromatic heterocycles. The molecule has 15 nitrogen and oxygen atoms in total. The minimum Gasteiger partial charge on any atom is -0.497 e. The predicted molar refractivity (Wildman–Crippen MR) is 209 cm³/mol. The van der Waals surface area contributed by atoms with Gasteiger partial charge in [-0.2, -0.15) is 0 Å². The number of sulfonamides is 1. The first-order valence-electron chi connectivity index (χ1n) is 20.8. The molecule has 4 saturated carbocycles. The number of methoxy groups -OCH3 is 1. The fourth-order valence-electron chi connectivity index (χ4n) is 9.13. The van der Waals surface area contributed by atoms with E-state index in [-0.39, 0.29) is 36.8 Å². The maximum Gasteiger partial charge on any atom is 0.408 e. The van der Waals surface area contributed by atoms with Gasteiger partial charge in [-0.25, -0.2) is 32.0 Å². The van der Waals surface area contributed by atoms with E-state index in [9.17, 15) is 36.4 Å². The second-order valence-corrected chi connectivity index (χ2v) is 21.0. The van der Waals surface area contributed by atoms with Gasteiger partial charge in [0.25, 0.3) is 5.91 Å². The zero-order valence-electron chi connectivity index (χ0n) is 34.3. The van der Waals surface area contributed by atoms with Crippen molar-refractivity contribution in [2.45, 2.75) is 139 Å². The van der Waals surface area contributed by atoms with Gasteiger partial charge in [-0.3, -0.25) is 19.1 Å². The maximum atomic E-state index is 14.9. The van der Waals surface area contributed by atoms with E-state index in [2.05, 4.69) is 10.6 Å². The van der Waals surface area contributed by atoms with Crippen molar-refractivity contribution in [2.75, 3.05) is 13.7 Å². The molecule has 4 amide bonds. The lowest BCUT2D eigenvalue weighted by Crippen LogP contribution is -2.61. The minimum absolute atomic E-state index is 0.0530. The second-order valence-electron chi connectivity index (χ2n) is 18.8. The molecular formula is C41H54F2N6O9S. The molecule has 3 N–H and O–H groups in total. The fraction of sp³-hybridized carbons (Fsp3) is 0.707. The molecule has 2 aliphatic heterocycles. The van der Waals surface area contributed by atoms with Gasteiger partial charge in [0.15, 0.2) is 0 Å². The van der Waals surface area contributed by atoms with Crippen molar-refractivity contribution in [3.05, 3.63) is 23.9 Å². The molecule has 1 aromatic carbocycles. The molecule has 5 fully saturated rings. The van der Waals surface area contributed by atoms with Crippen molar-refractivity contribution in [1.29, 1.82) is 0 Å². The van der Waals surface area contributed by atoms with Gasteiger partial charge in [-0.1, -0.05) is 34.1 Å². The summed E-state index contributed by atoms with van der Waals surface area (Å²) in [5, 5.41) is 5.29. The number of alkyl halides is 2. The van der Waals surface area contributed by atoms with E-state index in [1.165, 1.54) is 11.8 Å². The number of carbonyl (C=O) groups excluding carboxylic acids is 4. The Labute approximate surface area is 342 Å². The van der Waals surface area contributed by atoms with Crippen molar-refractivity contribution < 1.29 is 50.6 Å². The molecule has 322 valence electrons. The number of hydrogen-bond donors (Lipinski definition) is 3. The Morgan fingerprint density at radius 2 is 1.80 bits per heavy atom. The van der Waals surface area contributed by atoms with Gasteiger partial charge in [0.05, 0.1) is 35.4 Å². The van der Waals surface area contributed by atoms with Crippen LogP contribution in [-0.4, -0.2) is 102 Å². The smallest absolute Gasteiger partial charge is 0.408 e. The van der Waals surface area contributed by atoms with Gasteiger partial charge in [-0.05, 0) is 87.7 Å². The van der Waals surface area contributed by atoms with Crippen LogP contribution in [0.2, 0.25) is 0 Å². The quantitative estimate of drug-likeness (QED) is 0.337. The number of nitrogens with one attached hydrogen (secondary N) is 3. The van der Waals surface area contributed by atoms with Crippen LogP contribution in [0.5, 0.6) is 11.6 Å². The summed E-state index contributed by atoms with van der Waals surface area (Å²) in [5.74, 6) is -3.86. The monoisotopic (exact) mass is 844 g/mol. The van der Waals surface area contributed by atoms with Crippen LogP contribution in [-0.2, 0) is 29.1 Å². The number of halogens is 2. The molecule has 4 aliphatic carbocycles. The third kappa shape index (κ3) is 7.78. The number of nitrogens with zero attached hydrogens (tertiary/aromatic N) is 3. The fourth-order valence-corrected chi connectivity index (χ4v) is 10.4. The summed E-state index contributed by atoms with van der Waals surface area (Å²) in [6.07, 6.45) is -0.290. The molecular weight excluding hydrogens is 791 g/mol. The summed E-state index contributed by atoms with van der Waals surface area (Å²) in [7, 11) is -2.70. The van der Waals surface area contributed by atoms with E-state index in [0.29, 0.717) is 41.2 Å². The number of hydrogen-bond acceptors (Lipinski definition) is 11. The molecule has 2 aromatic rings. The summed E-state index contributed by atoms with van der Waals surface area (Å²) in [6, 6.07) is 2.79. The average Bonchev–Trinajstić information content (AvgIpc) is 4.01. The van der Waals surface area contributed by atoms with Crippen LogP contribution in [0, 0.1) is 29.1 Å². The lowest BCUT2D eigenvalue weighted by Gasteiger charge is -2.36. The van der Waals surface area contributed by atoms with Gasteiger partial charge >= 0.3 is 6.09 Å². The lowest BCUT2D eigenvalue weighted by molar-refractivity contribution is -0.144. The molecule has 0 radical (unpaired) electrons. The highest BCUT2D eigenvalue weighted by Crippen LogP contribution is 2.54. The molecule has 1 saturated heterocycles. The molecule has 3 heterocycles. The van der Waals surface area contributed by atoms with E-state index in [1.807, 2.05) is 10.8 Å². The van der Waals surface area contributed by atoms with Crippen LogP contribution in [0.15, 0.2) is 18.2 Å². The lowest BCUT2D eigenvalue weighted by atomic mass is 9.85. The first kappa shape index (κ1) is 41.4. The number of ether oxygens (including phenoxy) is 3. The zero-order chi connectivity index (χ0) is 42.4. The number of rotatable bonds is 8. The van der Waals surface area contributed by atoms with Crippen LogP contribution in [0.4, 0.5) is 13.6 Å². The number of amides is 4. The Balaban J connectivity index is 1.18. The average molecular weight is 845 g/mol. The summed E-state index contributed by atoms with van der Waals surface area (Å²) >= 11 is 0. The van der Waals surface area contributed by atoms with Crippen molar-refractivity contribution in [3.63, 3.8) is 0 Å². The normalized spacial score (nSPS) is 33.8. The predicted octanol–water partition coefficient (Wildman–Crippen LogP) is 4.58. The SMILES string of the molecule is CC[C@@H]1[C@@H]2CN(C(=O)[C@H](C(C)(C)C)NC(=O)O[C@@H]3C[C@H]3CCC[C@@H]3C[C@H]3c3nc4ccc(OC)cc4nc3O2)[C@@H]1C(=O)N[C@]1(C(=O)NS(=O)(=O)C2(C)CC2)C[C@H]1C(F)F. The first-order chi connectivity index (χ1) is 27.8. The van der Waals surface area contributed by atoms with Crippen molar-refractivity contribution in [3.8, 4) is 11.6 Å². The summed E-state index contributed by atoms with van der Waals surface area (Å²) in [6.45, 7) is 8.36. The van der Waals surface area contributed by atoms with E-state index in [1.54, 1.807) is 46.9 Å². The second kappa shape index (κ2) is 14.7. The molecule has 8 rings (SSSR count). The zero-order valence-corrected chi connectivity index (χ0v) is 35.1. The Bertz CT molecular complexity index is 2170. The Morgan fingerprint density at radius 3 is 2.44 bits per heavy atom. The Kier molecular flexibility index (Phi) is 10.3. The summed E-state index contributed by atoms with van der Waals surface area (Å²) in [5.41, 5.74) is -1.31. The minimum atomic E-state index is -4.24. The van der Waals surface area contributed by atoms with E-state index in [4.69, 9.17) is 24.2 Å². The van der Waals surface area contributed by atoms with Gasteiger partial charge in [-0.15, -0.1) is 0 Å². The van der Waals surface area contributed by atoms with Crippen LogP contribution < -0.4 is 24.8 Å². The number of fused-ring (bicyclic) bond motifs is 7. The van der Waals surface area contributed by atoms with E-state index >= 15 is 0 Å². The van der Waals surface area contributed by atoms with Gasteiger partial charge in [0.1, 0.15) is 41.3 Å². The van der Waals surface area contributed by atoms with Gasteiger partial charge < -0.3 is 29.7 Å². The van der Waals surface area contributed by atoms with Gasteiger partial charge in [0.2, 0.25) is 34.1 Å². The van der Waals surface area contributed by atoms with E-state index < -0.39 is 92.4 Å². The molecule has 10 atom stereocenters. The third-order valence-electron chi connectivity index (χ3n) is 13.6.